The van der Waals surface area contributed by atoms with Crippen LogP contribution in [0.2, 0.25) is 0 Å². The molecule has 2 saturated heterocycles. The highest BCUT2D eigenvalue weighted by Crippen LogP contribution is 2.21. The van der Waals surface area contributed by atoms with Crippen LogP contribution in [0.4, 0.5) is 10.5 Å². The molecule has 30 heavy (non-hydrogen) atoms. The molecular formula is C22H32N4O4. The van der Waals surface area contributed by atoms with E-state index in [9.17, 15) is 14.4 Å². The van der Waals surface area contributed by atoms with E-state index in [1.165, 1.54) is 0 Å². The second-order valence-electron chi connectivity index (χ2n) is 9.01. The van der Waals surface area contributed by atoms with Gasteiger partial charge in [-0.2, -0.15) is 0 Å². The highest BCUT2D eigenvalue weighted by molar-refractivity contribution is 5.97. The first-order chi connectivity index (χ1) is 14.1. The Kier molecular flexibility index (Phi) is 6.65. The number of carbonyl (C=O) groups excluding carboxylic acids is 3. The van der Waals surface area contributed by atoms with Gasteiger partial charge in [-0.1, -0.05) is 0 Å². The van der Waals surface area contributed by atoms with Gasteiger partial charge in [0.2, 0.25) is 5.91 Å². The minimum atomic E-state index is -0.577. The number of ether oxygens (including phenoxy) is 1. The molecule has 1 aromatic rings. The third kappa shape index (κ3) is 5.50. The Balaban J connectivity index is 1.61. The van der Waals surface area contributed by atoms with Crippen LogP contribution in [0.15, 0.2) is 24.3 Å². The van der Waals surface area contributed by atoms with Gasteiger partial charge in [0.15, 0.2) is 0 Å². The van der Waals surface area contributed by atoms with E-state index in [1.807, 2.05) is 20.8 Å². The van der Waals surface area contributed by atoms with Crippen LogP contribution in [0.25, 0.3) is 0 Å². The third-order valence-corrected chi connectivity index (χ3v) is 5.40. The van der Waals surface area contributed by atoms with E-state index in [0.717, 1.165) is 18.5 Å². The summed E-state index contributed by atoms with van der Waals surface area (Å²) in [6.07, 6.45) is 2.67. The monoisotopic (exact) mass is 416 g/mol. The molecule has 3 rings (SSSR count). The van der Waals surface area contributed by atoms with E-state index >= 15 is 0 Å². The Labute approximate surface area is 177 Å². The van der Waals surface area contributed by atoms with E-state index in [4.69, 9.17) is 10.5 Å². The van der Waals surface area contributed by atoms with Crippen molar-refractivity contribution >= 4 is 23.6 Å². The molecule has 2 aliphatic heterocycles. The molecule has 0 aromatic heterocycles. The van der Waals surface area contributed by atoms with E-state index in [-0.39, 0.29) is 23.9 Å². The van der Waals surface area contributed by atoms with Crippen LogP contribution in [0, 0.1) is 0 Å². The lowest BCUT2D eigenvalue weighted by Gasteiger charge is -2.37. The van der Waals surface area contributed by atoms with Crippen molar-refractivity contribution in [3.8, 4) is 0 Å². The zero-order chi connectivity index (χ0) is 21.9. The molecule has 0 unspecified atom stereocenters. The van der Waals surface area contributed by atoms with Crippen LogP contribution in [-0.4, -0.2) is 60.1 Å². The predicted molar refractivity (Wildman–Crippen MR) is 114 cm³/mol. The molecule has 164 valence electrons. The van der Waals surface area contributed by atoms with Crippen molar-refractivity contribution in [3.05, 3.63) is 29.8 Å². The third-order valence-electron chi connectivity index (χ3n) is 5.40. The maximum absolute atomic E-state index is 12.7. The van der Waals surface area contributed by atoms with Gasteiger partial charge >= 0.3 is 6.09 Å². The summed E-state index contributed by atoms with van der Waals surface area (Å²) in [4.78, 5) is 40.5. The number of rotatable bonds is 3. The molecule has 3 N–H and O–H groups in total. The molecule has 3 amide bonds. The molecule has 0 radical (unpaired) electrons. The van der Waals surface area contributed by atoms with E-state index in [2.05, 4.69) is 5.32 Å². The van der Waals surface area contributed by atoms with Crippen molar-refractivity contribution in [3.63, 3.8) is 0 Å². The number of hydrogen-bond donors (Lipinski definition) is 2. The summed E-state index contributed by atoms with van der Waals surface area (Å²) in [7, 11) is 0. The Hall–Kier alpha value is -2.61. The average molecular weight is 417 g/mol. The van der Waals surface area contributed by atoms with Gasteiger partial charge in [-0.25, -0.2) is 4.79 Å². The van der Waals surface area contributed by atoms with Crippen molar-refractivity contribution in [1.82, 2.24) is 10.2 Å². The number of nitrogens with one attached hydrogen (secondary N) is 1. The number of carbonyl (C=O) groups is 3. The van der Waals surface area contributed by atoms with Gasteiger partial charge in [0.25, 0.3) is 5.91 Å². The van der Waals surface area contributed by atoms with E-state index < -0.39 is 11.7 Å². The van der Waals surface area contributed by atoms with Crippen LogP contribution in [0.5, 0.6) is 0 Å². The van der Waals surface area contributed by atoms with Crippen molar-refractivity contribution in [2.75, 3.05) is 24.5 Å². The molecule has 2 fully saturated rings. The molecule has 2 heterocycles. The molecule has 0 bridgehead atoms. The Morgan fingerprint density at radius 3 is 2.47 bits per heavy atom. The summed E-state index contributed by atoms with van der Waals surface area (Å²) in [5, 5.41) is 2.95. The quantitative estimate of drug-likeness (QED) is 0.786. The molecule has 0 saturated carbocycles. The SMILES string of the molecule is CC(C)(C)OC(=O)N1CC[C@@H](N)[C@@H](NC(=O)c2ccc(N3CCCCC3=O)cc2)C1. The average Bonchev–Trinajstić information content (AvgIpc) is 2.69. The number of benzene rings is 1. The fourth-order valence-electron chi connectivity index (χ4n) is 3.74. The van der Waals surface area contributed by atoms with Crippen LogP contribution >= 0.6 is 0 Å². The second-order valence-corrected chi connectivity index (χ2v) is 9.01. The van der Waals surface area contributed by atoms with Gasteiger partial charge in [0.1, 0.15) is 5.60 Å². The largest absolute Gasteiger partial charge is 0.444 e. The number of anilines is 1. The van der Waals surface area contributed by atoms with Crippen molar-refractivity contribution in [2.45, 2.75) is 64.1 Å². The lowest BCUT2D eigenvalue weighted by molar-refractivity contribution is -0.119. The van der Waals surface area contributed by atoms with Crippen LogP contribution < -0.4 is 16.0 Å². The molecule has 8 heteroatoms. The first-order valence-electron chi connectivity index (χ1n) is 10.6. The molecule has 0 spiro atoms. The van der Waals surface area contributed by atoms with E-state index in [0.29, 0.717) is 38.0 Å². The molecular weight excluding hydrogens is 384 g/mol. The van der Waals surface area contributed by atoms with Gasteiger partial charge < -0.3 is 25.6 Å². The van der Waals surface area contributed by atoms with Crippen molar-refractivity contribution < 1.29 is 19.1 Å². The number of nitrogens with zero attached hydrogens (tertiary/aromatic N) is 2. The van der Waals surface area contributed by atoms with Crippen molar-refractivity contribution in [1.29, 1.82) is 0 Å². The standard InChI is InChI=1S/C22H32N4O4/c1-22(2,3)30-21(29)25-13-11-17(23)18(14-25)24-20(28)15-7-9-16(10-8-15)26-12-5-4-6-19(26)27/h7-10,17-18H,4-6,11-14,23H2,1-3H3,(H,24,28)/t17-,18+/m1/s1. The van der Waals surface area contributed by atoms with Crippen LogP contribution in [-0.2, 0) is 9.53 Å². The summed E-state index contributed by atoms with van der Waals surface area (Å²) in [6, 6.07) is 6.43. The highest BCUT2D eigenvalue weighted by atomic mass is 16.6. The lowest BCUT2D eigenvalue weighted by Crippen LogP contribution is -2.59. The van der Waals surface area contributed by atoms with Gasteiger partial charge in [0, 0.05) is 43.3 Å². The topological polar surface area (TPSA) is 105 Å². The predicted octanol–water partition coefficient (Wildman–Crippen LogP) is 2.27. The number of nitrogens with two attached hydrogens (primary N) is 1. The highest BCUT2D eigenvalue weighted by Gasteiger charge is 2.32. The summed E-state index contributed by atoms with van der Waals surface area (Å²) in [6.45, 7) is 6.98. The smallest absolute Gasteiger partial charge is 0.410 e. The van der Waals surface area contributed by atoms with Crippen LogP contribution in [0.3, 0.4) is 0 Å². The summed E-state index contributed by atoms with van der Waals surface area (Å²) >= 11 is 0. The summed E-state index contributed by atoms with van der Waals surface area (Å²) in [5.74, 6) is -0.133. The zero-order valence-electron chi connectivity index (χ0n) is 18.0. The normalized spacial score (nSPS) is 22.6. The fourth-order valence-corrected chi connectivity index (χ4v) is 3.74. The molecule has 2 aliphatic rings. The first-order valence-corrected chi connectivity index (χ1v) is 10.6. The van der Waals surface area contributed by atoms with Gasteiger partial charge in [0.05, 0.1) is 6.04 Å². The van der Waals surface area contributed by atoms with E-state index in [1.54, 1.807) is 34.1 Å². The van der Waals surface area contributed by atoms with Crippen LogP contribution in [0.1, 0.15) is 56.8 Å². The van der Waals surface area contributed by atoms with Gasteiger partial charge in [-0.15, -0.1) is 0 Å². The molecule has 1 aromatic carbocycles. The lowest BCUT2D eigenvalue weighted by atomic mass is 10.00. The first kappa shape index (κ1) is 22.1. The number of piperidine rings is 2. The number of likely N-dealkylation sites (tertiary alicyclic amines) is 1. The second kappa shape index (κ2) is 9.04. The maximum Gasteiger partial charge on any atom is 0.410 e. The minimum Gasteiger partial charge on any atom is -0.444 e. The zero-order valence-corrected chi connectivity index (χ0v) is 18.0. The molecule has 8 nitrogen and oxygen atoms in total. The number of hydrogen-bond acceptors (Lipinski definition) is 5. The minimum absolute atomic E-state index is 0.119. The summed E-state index contributed by atoms with van der Waals surface area (Å²) < 4.78 is 5.43. The Bertz CT molecular complexity index is 787. The summed E-state index contributed by atoms with van der Waals surface area (Å²) in [5.41, 5.74) is 6.92. The number of amides is 3. The molecule has 2 atom stereocenters. The molecule has 0 aliphatic carbocycles. The van der Waals surface area contributed by atoms with Gasteiger partial charge in [-0.3, -0.25) is 9.59 Å². The van der Waals surface area contributed by atoms with Gasteiger partial charge in [-0.05, 0) is 64.3 Å². The maximum atomic E-state index is 12.7. The Morgan fingerprint density at radius 1 is 1.13 bits per heavy atom. The Morgan fingerprint density at radius 2 is 1.83 bits per heavy atom. The van der Waals surface area contributed by atoms with Crippen molar-refractivity contribution in [2.24, 2.45) is 5.73 Å². The fraction of sp³-hybridized carbons (Fsp3) is 0.591.